The number of ketones is 1. The van der Waals surface area contributed by atoms with E-state index in [1.54, 1.807) is 6.07 Å². The Morgan fingerprint density at radius 3 is 2.90 bits per heavy atom. The highest BCUT2D eigenvalue weighted by Gasteiger charge is 2.36. The third-order valence-electron chi connectivity index (χ3n) is 4.89. The molecule has 1 aromatic carbocycles. The lowest BCUT2D eigenvalue weighted by Crippen LogP contribution is -2.40. The first kappa shape index (κ1) is 15.2. The van der Waals surface area contributed by atoms with Gasteiger partial charge in [0.1, 0.15) is 11.6 Å². The zero-order chi connectivity index (χ0) is 14.8. The molecule has 0 bridgehead atoms. The van der Waals surface area contributed by atoms with E-state index < -0.39 is 0 Å². The van der Waals surface area contributed by atoms with Crippen LogP contribution in [0.2, 0.25) is 0 Å². The Kier molecular flexibility index (Phi) is 4.75. The van der Waals surface area contributed by atoms with Crippen molar-refractivity contribution >= 4 is 21.7 Å². The molecule has 0 radical (unpaired) electrons. The maximum Gasteiger partial charge on any atom is 0.137 e. The van der Waals surface area contributed by atoms with Crippen molar-refractivity contribution in [1.82, 2.24) is 4.90 Å². The molecule has 2 aliphatic rings. The minimum absolute atomic E-state index is 0.202. The van der Waals surface area contributed by atoms with Crippen LogP contribution in [-0.2, 0) is 11.3 Å². The minimum atomic E-state index is -0.211. The molecule has 1 heterocycles. The number of Topliss-reactive ketones (excluding diaryl/α,β-unsaturated/α-hetero) is 1. The highest BCUT2D eigenvalue weighted by molar-refractivity contribution is 9.10. The molecule has 114 valence electrons. The van der Waals surface area contributed by atoms with Crippen molar-refractivity contribution < 1.29 is 9.18 Å². The normalized spacial score (nSPS) is 27.2. The number of benzene rings is 1. The van der Waals surface area contributed by atoms with Gasteiger partial charge in [-0.3, -0.25) is 9.69 Å². The molecule has 1 aromatic rings. The zero-order valence-corrected chi connectivity index (χ0v) is 13.7. The molecule has 0 spiro atoms. The van der Waals surface area contributed by atoms with Crippen molar-refractivity contribution in [3.63, 3.8) is 0 Å². The molecule has 3 rings (SSSR count). The van der Waals surface area contributed by atoms with Crippen molar-refractivity contribution in [2.45, 2.75) is 51.1 Å². The molecular weight excluding hydrogens is 333 g/mol. The van der Waals surface area contributed by atoms with Crippen LogP contribution in [0.5, 0.6) is 0 Å². The first-order valence-corrected chi connectivity index (χ1v) is 8.66. The van der Waals surface area contributed by atoms with Gasteiger partial charge >= 0.3 is 0 Å². The largest absolute Gasteiger partial charge is 0.299 e. The number of carbonyl (C=O) groups is 1. The van der Waals surface area contributed by atoms with Gasteiger partial charge in [0.05, 0.1) is 4.47 Å². The quantitative estimate of drug-likeness (QED) is 0.806. The van der Waals surface area contributed by atoms with Crippen molar-refractivity contribution in [1.29, 1.82) is 0 Å². The molecular formula is C17H21BrFNO. The van der Waals surface area contributed by atoms with Crippen LogP contribution in [0.3, 0.4) is 0 Å². The fraction of sp³-hybridized carbons (Fsp3) is 0.588. The Morgan fingerprint density at radius 1 is 1.24 bits per heavy atom. The van der Waals surface area contributed by atoms with Gasteiger partial charge in [-0.2, -0.15) is 0 Å². The number of hydrogen-bond acceptors (Lipinski definition) is 2. The molecule has 1 saturated carbocycles. The van der Waals surface area contributed by atoms with Gasteiger partial charge in [-0.15, -0.1) is 0 Å². The van der Waals surface area contributed by atoms with E-state index in [1.807, 2.05) is 6.07 Å². The molecule has 1 saturated heterocycles. The first-order chi connectivity index (χ1) is 10.2. The monoisotopic (exact) mass is 353 g/mol. The number of rotatable bonds is 3. The molecule has 1 aliphatic carbocycles. The lowest BCUT2D eigenvalue weighted by molar-refractivity contribution is -0.126. The van der Waals surface area contributed by atoms with Crippen LogP contribution in [0.4, 0.5) is 4.39 Å². The van der Waals surface area contributed by atoms with Crippen LogP contribution < -0.4 is 0 Å². The van der Waals surface area contributed by atoms with E-state index in [0.29, 0.717) is 16.3 Å². The average Bonchev–Trinajstić information content (AvgIpc) is 2.92. The minimum Gasteiger partial charge on any atom is -0.299 e. The Bertz CT molecular complexity index is 534. The summed E-state index contributed by atoms with van der Waals surface area (Å²) in [4.78, 5) is 14.6. The van der Waals surface area contributed by atoms with Gasteiger partial charge in [-0.05, 0) is 59.8 Å². The van der Waals surface area contributed by atoms with E-state index in [9.17, 15) is 9.18 Å². The second kappa shape index (κ2) is 6.57. The standard InChI is InChI=1S/C17H21BrFNO/c18-17-12(5-3-7-14(17)19)11-20-10-4-8-15(20)13-6-1-2-9-16(13)21/h3,5,7,13,15H,1-2,4,6,8-11H2. The predicted molar refractivity (Wildman–Crippen MR) is 84.5 cm³/mol. The van der Waals surface area contributed by atoms with Crippen LogP contribution in [-0.4, -0.2) is 23.3 Å². The van der Waals surface area contributed by atoms with E-state index in [2.05, 4.69) is 20.8 Å². The summed E-state index contributed by atoms with van der Waals surface area (Å²) in [5, 5.41) is 0. The summed E-state index contributed by atoms with van der Waals surface area (Å²) < 4.78 is 14.2. The van der Waals surface area contributed by atoms with Gasteiger partial charge in [0.25, 0.3) is 0 Å². The molecule has 2 unspecified atom stereocenters. The second-order valence-corrected chi connectivity index (χ2v) is 7.00. The van der Waals surface area contributed by atoms with Gasteiger partial charge in [0.2, 0.25) is 0 Å². The number of halogens is 2. The topological polar surface area (TPSA) is 20.3 Å². The Balaban J connectivity index is 1.75. The Labute approximate surface area is 133 Å². The fourth-order valence-electron chi connectivity index (χ4n) is 3.81. The summed E-state index contributed by atoms with van der Waals surface area (Å²) in [6.45, 7) is 1.74. The van der Waals surface area contributed by atoms with Gasteiger partial charge in [-0.25, -0.2) is 4.39 Å². The molecule has 2 atom stereocenters. The number of likely N-dealkylation sites (tertiary alicyclic amines) is 1. The van der Waals surface area contributed by atoms with Crippen LogP contribution >= 0.6 is 15.9 Å². The molecule has 0 aromatic heterocycles. The van der Waals surface area contributed by atoms with Gasteiger partial charge in [0, 0.05) is 24.9 Å². The summed E-state index contributed by atoms with van der Waals surface area (Å²) >= 11 is 3.35. The fourth-order valence-corrected chi connectivity index (χ4v) is 4.20. The lowest BCUT2D eigenvalue weighted by Gasteiger charge is -2.33. The van der Waals surface area contributed by atoms with Gasteiger partial charge in [0.15, 0.2) is 0 Å². The molecule has 2 fully saturated rings. The average molecular weight is 354 g/mol. The highest BCUT2D eigenvalue weighted by atomic mass is 79.9. The van der Waals surface area contributed by atoms with Gasteiger partial charge in [-0.1, -0.05) is 18.6 Å². The van der Waals surface area contributed by atoms with E-state index in [0.717, 1.165) is 50.8 Å². The van der Waals surface area contributed by atoms with Crippen molar-refractivity contribution in [2.75, 3.05) is 6.54 Å². The van der Waals surface area contributed by atoms with Crippen molar-refractivity contribution in [3.8, 4) is 0 Å². The van der Waals surface area contributed by atoms with Crippen molar-refractivity contribution in [2.24, 2.45) is 5.92 Å². The summed E-state index contributed by atoms with van der Waals surface area (Å²) in [5.41, 5.74) is 0.977. The highest BCUT2D eigenvalue weighted by Crippen LogP contribution is 2.34. The van der Waals surface area contributed by atoms with E-state index in [1.165, 1.54) is 12.5 Å². The summed E-state index contributed by atoms with van der Waals surface area (Å²) in [7, 11) is 0. The molecule has 0 amide bonds. The molecule has 2 nitrogen and oxygen atoms in total. The number of hydrogen-bond donors (Lipinski definition) is 0. The van der Waals surface area contributed by atoms with Crippen LogP contribution in [0.1, 0.15) is 44.1 Å². The Hall–Kier alpha value is -0.740. The molecule has 0 N–H and O–H groups in total. The first-order valence-electron chi connectivity index (χ1n) is 7.86. The number of carbonyl (C=O) groups excluding carboxylic acids is 1. The van der Waals surface area contributed by atoms with E-state index in [4.69, 9.17) is 0 Å². The molecule has 21 heavy (non-hydrogen) atoms. The summed E-state index contributed by atoms with van der Waals surface area (Å²) in [6, 6.07) is 5.55. The van der Waals surface area contributed by atoms with E-state index >= 15 is 0 Å². The van der Waals surface area contributed by atoms with E-state index in [-0.39, 0.29) is 11.7 Å². The smallest absolute Gasteiger partial charge is 0.137 e. The third-order valence-corrected chi connectivity index (χ3v) is 5.77. The van der Waals surface area contributed by atoms with Crippen LogP contribution in [0.25, 0.3) is 0 Å². The van der Waals surface area contributed by atoms with Crippen LogP contribution in [0, 0.1) is 11.7 Å². The van der Waals surface area contributed by atoms with Crippen LogP contribution in [0.15, 0.2) is 22.7 Å². The summed E-state index contributed by atoms with van der Waals surface area (Å²) in [5.74, 6) is 0.432. The van der Waals surface area contributed by atoms with Gasteiger partial charge < -0.3 is 0 Å². The maximum absolute atomic E-state index is 13.6. The molecule has 4 heteroatoms. The second-order valence-electron chi connectivity index (χ2n) is 6.21. The SMILES string of the molecule is O=C1CCCCC1C1CCCN1Cc1cccc(F)c1Br. The molecule has 1 aliphatic heterocycles. The maximum atomic E-state index is 13.6. The summed E-state index contributed by atoms with van der Waals surface area (Å²) in [6.07, 6.45) is 6.25. The predicted octanol–water partition coefficient (Wildman–Crippen LogP) is 4.31. The van der Waals surface area contributed by atoms with Crippen molar-refractivity contribution in [3.05, 3.63) is 34.1 Å². The zero-order valence-electron chi connectivity index (χ0n) is 12.2. The number of nitrogens with zero attached hydrogens (tertiary/aromatic N) is 1. The lowest BCUT2D eigenvalue weighted by atomic mass is 9.82. The Morgan fingerprint density at radius 2 is 2.10 bits per heavy atom. The third kappa shape index (κ3) is 3.21.